The lowest BCUT2D eigenvalue weighted by Gasteiger charge is -2.44. The SMILES string of the molecule is COc1ccc(N2C(=O)[C@@H](OC)[C@H]2C(=O)OC(C)(C)C)cc1. The van der Waals surface area contributed by atoms with Crippen LogP contribution in [0.4, 0.5) is 5.69 Å². The van der Waals surface area contributed by atoms with Gasteiger partial charge in [-0.25, -0.2) is 4.79 Å². The van der Waals surface area contributed by atoms with E-state index in [-0.39, 0.29) is 5.91 Å². The summed E-state index contributed by atoms with van der Waals surface area (Å²) in [6, 6.07) is 6.13. The summed E-state index contributed by atoms with van der Waals surface area (Å²) < 4.78 is 15.6. The number of nitrogens with zero attached hydrogens (tertiary/aromatic N) is 1. The van der Waals surface area contributed by atoms with Crippen LogP contribution in [0.2, 0.25) is 0 Å². The second-order valence-corrected chi connectivity index (χ2v) is 6.04. The number of methoxy groups -OCH3 is 2. The minimum Gasteiger partial charge on any atom is -0.497 e. The minimum atomic E-state index is -0.808. The molecule has 0 saturated carbocycles. The van der Waals surface area contributed by atoms with Gasteiger partial charge in [0.25, 0.3) is 5.91 Å². The summed E-state index contributed by atoms with van der Waals surface area (Å²) in [6.45, 7) is 5.35. The van der Waals surface area contributed by atoms with Crippen LogP contribution in [-0.4, -0.2) is 43.8 Å². The van der Waals surface area contributed by atoms with Gasteiger partial charge in [-0.3, -0.25) is 9.69 Å². The van der Waals surface area contributed by atoms with Crippen molar-refractivity contribution < 1.29 is 23.8 Å². The standard InChI is InChI=1S/C16H21NO5/c1-16(2,3)22-15(19)12-13(21-5)14(18)17(12)10-6-8-11(20-4)9-7-10/h6-9,12-13H,1-5H3/t12-,13-/m0/s1. The highest BCUT2D eigenvalue weighted by atomic mass is 16.6. The fourth-order valence-corrected chi connectivity index (χ4v) is 2.31. The number of anilines is 1. The first kappa shape index (κ1) is 16.3. The number of hydrogen-bond donors (Lipinski definition) is 0. The fourth-order valence-electron chi connectivity index (χ4n) is 2.31. The fraction of sp³-hybridized carbons (Fsp3) is 0.500. The van der Waals surface area contributed by atoms with Crippen LogP contribution >= 0.6 is 0 Å². The van der Waals surface area contributed by atoms with Gasteiger partial charge in [-0.05, 0) is 45.0 Å². The molecule has 6 nitrogen and oxygen atoms in total. The molecular weight excluding hydrogens is 286 g/mol. The molecule has 1 fully saturated rings. The van der Waals surface area contributed by atoms with Crippen LogP contribution in [-0.2, 0) is 19.1 Å². The van der Waals surface area contributed by atoms with E-state index in [1.165, 1.54) is 12.0 Å². The van der Waals surface area contributed by atoms with Gasteiger partial charge < -0.3 is 14.2 Å². The van der Waals surface area contributed by atoms with Gasteiger partial charge in [0.05, 0.1) is 7.11 Å². The highest BCUT2D eigenvalue weighted by molar-refractivity contribution is 6.12. The summed E-state index contributed by atoms with van der Waals surface area (Å²) in [7, 11) is 2.97. The number of hydrogen-bond acceptors (Lipinski definition) is 5. The normalized spacial score (nSPS) is 21.3. The topological polar surface area (TPSA) is 65.1 Å². The van der Waals surface area contributed by atoms with E-state index < -0.39 is 23.7 Å². The van der Waals surface area contributed by atoms with Crippen molar-refractivity contribution in [2.24, 2.45) is 0 Å². The maximum atomic E-state index is 12.3. The van der Waals surface area contributed by atoms with Crippen LogP contribution in [0, 0.1) is 0 Å². The second kappa shape index (κ2) is 5.96. The molecule has 2 rings (SSSR count). The molecule has 6 heteroatoms. The smallest absolute Gasteiger partial charge is 0.333 e. The van der Waals surface area contributed by atoms with Crippen LogP contribution in [0.5, 0.6) is 5.75 Å². The number of esters is 1. The third kappa shape index (κ3) is 3.06. The molecule has 2 atom stereocenters. The molecule has 1 amide bonds. The Balaban J connectivity index is 2.24. The van der Waals surface area contributed by atoms with Crippen molar-refractivity contribution >= 4 is 17.6 Å². The largest absolute Gasteiger partial charge is 0.497 e. The van der Waals surface area contributed by atoms with Crippen molar-refractivity contribution in [1.82, 2.24) is 0 Å². The van der Waals surface area contributed by atoms with E-state index in [9.17, 15) is 9.59 Å². The molecule has 0 N–H and O–H groups in total. The minimum absolute atomic E-state index is 0.261. The van der Waals surface area contributed by atoms with Crippen LogP contribution < -0.4 is 9.64 Å². The number of rotatable bonds is 4. The van der Waals surface area contributed by atoms with Gasteiger partial charge in [0, 0.05) is 12.8 Å². The maximum Gasteiger partial charge on any atom is 0.333 e. The van der Waals surface area contributed by atoms with Crippen LogP contribution in [0.3, 0.4) is 0 Å². The van der Waals surface area contributed by atoms with Crippen LogP contribution in [0.1, 0.15) is 20.8 Å². The number of benzene rings is 1. The van der Waals surface area contributed by atoms with Crippen LogP contribution in [0.25, 0.3) is 0 Å². The molecule has 1 saturated heterocycles. The molecule has 1 aromatic carbocycles. The summed E-state index contributed by atoms with van der Waals surface area (Å²) in [5.74, 6) is -0.0628. The lowest BCUT2D eigenvalue weighted by Crippen LogP contribution is -2.69. The Hall–Kier alpha value is -2.08. The van der Waals surface area contributed by atoms with E-state index in [1.54, 1.807) is 52.1 Å². The zero-order chi connectivity index (χ0) is 16.5. The predicted octanol–water partition coefficient (Wildman–Crippen LogP) is 1.77. The molecule has 0 radical (unpaired) electrons. The van der Waals surface area contributed by atoms with Gasteiger partial charge in [0.15, 0.2) is 12.1 Å². The number of ether oxygens (including phenoxy) is 3. The van der Waals surface area contributed by atoms with Crippen LogP contribution in [0.15, 0.2) is 24.3 Å². The summed E-state index contributed by atoms with van der Waals surface area (Å²) in [5, 5.41) is 0. The highest BCUT2D eigenvalue weighted by Crippen LogP contribution is 2.32. The molecule has 22 heavy (non-hydrogen) atoms. The first-order valence-electron chi connectivity index (χ1n) is 7.01. The number of carbonyl (C=O) groups is 2. The van der Waals surface area contributed by atoms with Gasteiger partial charge in [0.1, 0.15) is 11.4 Å². The van der Waals surface area contributed by atoms with Crippen molar-refractivity contribution in [2.45, 2.75) is 38.5 Å². The Morgan fingerprint density at radius 2 is 1.73 bits per heavy atom. The van der Waals surface area contributed by atoms with Gasteiger partial charge in [-0.15, -0.1) is 0 Å². The first-order chi connectivity index (χ1) is 10.3. The molecule has 1 aliphatic heterocycles. The Bertz CT molecular complexity index is 561. The zero-order valence-electron chi connectivity index (χ0n) is 13.5. The third-order valence-electron chi connectivity index (χ3n) is 3.30. The Labute approximate surface area is 129 Å². The molecule has 0 aromatic heterocycles. The van der Waals surface area contributed by atoms with Crippen molar-refractivity contribution in [2.75, 3.05) is 19.1 Å². The molecule has 1 heterocycles. The molecule has 0 bridgehead atoms. The number of carbonyl (C=O) groups excluding carboxylic acids is 2. The van der Waals surface area contributed by atoms with Crippen molar-refractivity contribution in [3.05, 3.63) is 24.3 Å². The number of β-lactam (4-membered cyclic amide) rings is 1. The summed E-state index contributed by atoms with van der Waals surface area (Å²) in [5.41, 5.74) is -0.0190. The summed E-state index contributed by atoms with van der Waals surface area (Å²) >= 11 is 0. The molecule has 0 spiro atoms. The van der Waals surface area contributed by atoms with E-state index in [2.05, 4.69) is 0 Å². The third-order valence-corrected chi connectivity index (χ3v) is 3.30. The lowest BCUT2D eigenvalue weighted by molar-refractivity contribution is -0.168. The molecule has 1 aromatic rings. The molecule has 1 aliphatic rings. The molecule has 0 unspecified atom stereocenters. The Morgan fingerprint density at radius 1 is 1.14 bits per heavy atom. The predicted molar refractivity (Wildman–Crippen MR) is 80.9 cm³/mol. The summed E-state index contributed by atoms with van der Waals surface area (Å²) in [6.07, 6.45) is -0.808. The van der Waals surface area contributed by atoms with Crippen molar-refractivity contribution in [3.63, 3.8) is 0 Å². The van der Waals surface area contributed by atoms with Crippen molar-refractivity contribution in [1.29, 1.82) is 0 Å². The van der Waals surface area contributed by atoms with E-state index in [0.29, 0.717) is 11.4 Å². The van der Waals surface area contributed by atoms with Gasteiger partial charge in [0.2, 0.25) is 0 Å². The average molecular weight is 307 g/mol. The monoisotopic (exact) mass is 307 g/mol. The maximum absolute atomic E-state index is 12.3. The molecule has 120 valence electrons. The average Bonchev–Trinajstić information content (AvgIpc) is 2.44. The quantitative estimate of drug-likeness (QED) is 0.626. The van der Waals surface area contributed by atoms with Gasteiger partial charge >= 0.3 is 5.97 Å². The highest BCUT2D eigenvalue weighted by Gasteiger charge is 2.54. The van der Waals surface area contributed by atoms with E-state index in [0.717, 1.165) is 0 Å². The van der Waals surface area contributed by atoms with E-state index >= 15 is 0 Å². The van der Waals surface area contributed by atoms with E-state index in [1.807, 2.05) is 0 Å². The second-order valence-electron chi connectivity index (χ2n) is 6.04. The molecular formula is C16H21NO5. The van der Waals surface area contributed by atoms with E-state index in [4.69, 9.17) is 14.2 Å². The zero-order valence-corrected chi connectivity index (χ0v) is 13.5. The lowest BCUT2D eigenvalue weighted by atomic mass is 9.96. The first-order valence-corrected chi connectivity index (χ1v) is 7.01. The van der Waals surface area contributed by atoms with Gasteiger partial charge in [-0.1, -0.05) is 0 Å². The van der Waals surface area contributed by atoms with Crippen molar-refractivity contribution in [3.8, 4) is 5.75 Å². The molecule has 0 aliphatic carbocycles. The van der Waals surface area contributed by atoms with Gasteiger partial charge in [-0.2, -0.15) is 0 Å². The Morgan fingerprint density at radius 3 is 2.18 bits per heavy atom. The number of amides is 1. The summed E-state index contributed by atoms with van der Waals surface area (Å²) in [4.78, 5) is 25.9. The Kier molecular flexibility index (Phi) is 4.42.